The Kier molecular flexibility index (Phi) is 1.90. The largest absolute Gasteiger partial charge is 0.392 e. The molecule has 0 saturated carbocycles. The summed E-state index contributed by atoms with van der Waals surface area (Å²) in [5.74, 6) is 0.916. The molecule has 2 bridgehead atoms. The molecule has 3 aliphatic rings. The SMILES string of the molecule is CC(O)C1CC2CCN1CC2. The van der Waals surface area contributed by atoms with Crippen LogP contribution in [0.4, 0.5) is 0 Å². The maximum absolute atomic E-state index is 9.46. The number of nitrogens with zero attached hydrogens (tertiary/aromatic N) is 1. The van der Waals surface area contributed by atoms with Crippen LogP contribution in [0, 0.1) is 5.92 Å². The minimum absolute atomic E-state index is 0.127. The number of fused-ring (bicyclic) bond motifs is 3. The first-order valence-electron chi connectivity index (χ1n) is 4.69. The molecule has 2 heteroatoms. The third-order valence-electron chi connectivity index (χ3n) is 3.25. The molecule has 3 rings (SSSR count). The van der Waals surface area contributed by atoms with Gasteiger partial charge in [-0.25, -0.2) is 0 Å². The summed E-state index contributed by atoms with van der Waals surface area (Å²) in [5, 5.41) is 9.46. The van der Waals surface area contributed by atoms with Gasteiger partial charge in [0.25, 0.3) is 0 Å². The Bertz CT molecular complexity index is 138. The van der Waals surface area contributed by atoms with Crippen LogP contribution in [0.25, 0.3) is 0 Å². The Morgan fingerprint density at radius 3 is 2.27 bits per heavy atom. The molecule has 2 unspecified atom stereocenters. The number of aliphatic hydroxyl groups is 1. The first-order chi connectivity index (χ1) is 5.27. The third-order valence-corrected chi connectivity index (χ3v) is 3.25. The van der Waals surface area contributed by atoms with Crippen molar-refractivity contribution in [3.8, 4) is 0 Å². The molecular weight excluding hydrogens is 138 g/mol. The van der Waals surface area contributed by atoms with Crippen LogP contribution >= 0.6 is 0 Å². The molecule has 3 aliphatic heterocycles. The van der Waals surface area contributed by atoms with Crippen molar-refractivity contribution in [2.75, 3.05) is 13.1 Å². The highest BCUT2D eigenvalue weighted by atomic mass is 16.3. The lowest BCUT2D eigenvalue weighted by Gasteiger charge is -2.46. The Morgan fingerprint density at radius 1 is 1.36 bits per heavy atom. The van der Waals surface area contributed by atoms with E-state index in [1.54, 1.807) is 0 Å². The lowest BCUT2D eigenvalue weighted by Crippen LogP contribution is -2.52. The van der Waals surface area contributed by atoms with Crippen LogP contribution in [0.1, 0.15) is 26.2 Å². The van der Waals surface area contributed by atoms with Gasteiger partial charge in [0.2, 0.25) is 0 Å². The molecule has 0 aromatic heterocycles. The summed E-state index contributed by atoms with van der Waals surface area (Å²) in [6.07, 6.45) is 3.84. The topological polar surface area (TPSA) is 23.5 Å². The van der Waals surface area contributed by atoms with E-state index in [2.05, 4.69) is 4.90 Å². The lowest BCUT2D eigenvalue weighted by atomic mass is 9.82. The smallest absolute Gasteiger partial charge is 0.0667 e. The highest BCUT2D eigenvalue weighted by Crippen LogP contribution is 2.32. The van der Waals surface area contributed by atoms with Crippen LogP contribution < -0.4 is 0 Å². The zero-order valence-corrected chi connectivity index (χ0v) is 7.16. The van der Waals surface area contributed by atoms with Crippen molar-refractivity contribution in [3.63, 3.8) is 0 Å². The number of rotatable bonds is 1. The Balaban J connectivity index is 2.03. The second kappa shape index (κ2) is 2.76. The average molecular weight is 155 g/mol. The molecule has 3 heterocycles. The normalized spacial score (nSPS) is 45.8. The second-order valence-corrected chi connectivity index (χ2v) is 4.02. The first kappa shape index (κ1) is 7.56. The van der Waals surface area contributed by atoms with Crippen LogP contribution in [0.15, 0.2) is 0 Å². The Hall–Kier alpha value is -0.0800. The molecule has 0 aromatic carbocycles. The highest BCUT2D eigenvalue weighted by molar-refractivity contribution is 4.89. The van der Waals surface area contributed by atoms with Gasteiger partial charge >= 0.3 is 0 Å². The van der Waals surface area contributed by atoms with E-state index in [1.807, 2.05) is 6.92 Å². The molecule has 1 N–H and O–H groups in total. The number of aliphatic hydroxyl groups excluding tert-OH is 1. The van der Waals surface area contributed by atoms with Gasteiger partial charge in [-0.2, -0.15) is 0 Å². The maximum atomic E-state index is 9.46. The van der Waals surface area contributed by atoms with Crippen molar-refractivity contribution in [2.45, 2.75) is 38.3 Å². The van der Waals surface area contributed by atoms with Gasteiger partial charge in [0.05, 0.1) is 6.10 Å². The zero-order valence-electron chi connectivity index (χ0n) is 7.16. The van der Waals surface area contributed by atoms with E-state index in [0.717, 1.165) is 5.92 Å². The molecule has 11 heavy (non-hydrogen) atoms. The predicted molar refractivity (Wildman–Crippen MR) is 44.4 cm³/mol. The monoisotopic (exact) mass is 155 g/mol. The van der Waals surface area contributed by atoms with E-state index in [9.17, 15) is 5.11 Å². The fourth-order valence-corrected chi connectivity index (χ4v) is 2.51. The number of hydrogen-bond acceptors (Lipinski definition) is 2. The molecule has 2 nitrogen and oxygen atoms in total. The average Bonchev–Trinajstić information content (AvgIpc) is 2.06. The number of piperidine rings is 3. The van der Waals surface area contributed by atoms with Crippen LogP contribution in [0.3, 0.4) is 0 Å². The summed E-state index contributed by atoms with van der Waals surface area (Å²) in [7, 11) is 0. The fourth-order valence-electron chi connectivity index (χ4n) is 2.51. The third kappa shape index (κ3) is 1.30. The van der Waals surface area contributed by atoms with Gasteiger partial charge in [0.1, 0.15) is 0 Å². The van der Waals surface area contributed by atoms with E-state index in [0.29, 0.717) is 6.04 Å². The van der Waals surface area contributed by atoms with Gasteiger partial charge in [0, 0.05) is 6.04 Å². The van der Waals surface area contributed by atoms with E-state index < -0.39 is 0 Å². The summed E-state index contributed by atoms with van der Waals surface area (Å²) < 4.78 is 0. The minimum Gasteiger partial charge on any atom is -0.392 e. The lowest BCUT2D eigenvalue weighted by molar-refractivity contribution is -0.0182. The van der Waals surface area contributed by atoms with Crippen molar-refractivity contribution >= 4 is 0 Å². The van der Waals surface area contributed by atoms with Gasteiger partial charge in [0.15, 0.2) is 0 Å². The molecule has 3 saturated heterocycles. The van der Waals surface area contributed by atoms with Gasteiger partial charge in [-0.3, -0.25) is 4.90 Å². The number of hydrogen-bond donors (Lipinski definition) is 1. The Morgan fingerprint density at radius 2 is 2.00 bits per heavy atom. The second-order valence-electron chi connectivity index (χ2n) is 4.02. The van der Waals surface area contributed by atoms with E-state index >= 15 is 0 Å². The van der Waals surface area contributed by atoms with E-state index in [4.69, 9.17) is 0 Å². The molecule has 64 valence electrons. The van der Waals surface area contributed by atoms with Crippen molar-refractivity contribution in [1.82, 2.24) is 4.90 Å². The molecule has 2 atom stereocenters. The molecule has 3 fully saturated rings. The Labute approximate surface area is 68.2 Å². The first-order valence-corrected chi connectivity index (χ1v) is 4.69. The van der Waals surface area contributed by atoms with Gasteiger partial charge < -0.3 is 5.11 Å². The van der Waals surface area contributed by atoms with Crippen LogP contribution in [0.5, 0.6) is 0 Å². The van der Waals surface area contributed by atoms with Crippen LogP contribution in [-0.4, -0.2) is 35.2 Å². The maximum Gasteiger partial charge on any atom is 0.0667 e. The highest BCUT2D eigenvalue weighted by Gasteiger charge is 2.35. The quantitative estimate of drug-likeness (QED) is 0.607. The summed E-state index contributed by atoms with van der Waals surface area (Å²) in [6.45, 7) is 4.37. The summed E-state index contributed by atoms with van der Waals surface area (Å²) >= 11 is 0. The summed E-state index contributed by atoms with van der Waals surface area (Å²) in [4.78, 5) is 2.45. The zero-order chi connectivity index (χ0) is 7.84. The van der Waals surface area contributed by atoms with Gasteiger partial charge in [-0.1, -0.05) is 0 Å². The van der Waals surface area contributed by atoms with Crippen LogP contribution in [0.2, 0.25) is 0 Å². The standard InChI is InChI=1S/C9H17NO/c1-7(11)9-6-8-2-4-10(9)5-3-8/h7-9,11H,2-6H2,1H3. The molecule has 0 aromatic rings. The molecule has 0 amide bonds. The van der Waals surface area contributed by atoms with E-state index in [1.165, 1.54) is 32.4 Å². The molecular formula is C9H17NO. The summed E-state index contributed by atoms with van der Waals surface area (Å²) in [6, 6.07) is 0.475. The van der Waals surface area contributed by atoms with Gasteiger partial charge in [-0.05, 0) is 45.2 Å². The molecule has 0 radical (unpaired) electrons. The van der Waals surface area contributed by atoms with Crippen LogP contribution in [-0.2, 0) is 0 Å². The van der Waals surface area contributed by atoms with Crippen molar-refractivity contribution in [2.24, 2.45) is 5.92 Å². The van der Waals surface area contributed by atoms with Crippen molar-refractivity contribution < 1.29 is 5.11 Å². The van der Waals surface area contributed by atoms with Crippen molar-refractivity contribution in [3.05, 3.63) is 0 Å². The van der Waals surface area contributed by atoms with E-state index in [-0.39, 0.29) is 6.10 Å². The predicted octanol–water partition coefficient (Wildman–Crippen LogP) is 0.851. The van der Waals surface area contributed by atoms with Crippen molar-refractivity contribution in [1.29, 1.82) is 0 Å². The van der Waals surface area contributed by atoms with Gasteiger partial charge in [-0.15, -0.1) is 0 Å². The summed E-state index contributed by atoms with van der Waals surface area (Å²) in [5.41, 5.74) is 0. The molecule has 0 spiro atoms. The molecule has 0 aliphatic carbocycles. The minimum atomic E-state index is -0.127. The fraction of sp³-hybridized carbons (Fsp3) is 1.00.